The van der Waals surface area contributed by atoms with E-state index in [1.807, 2.05) is 72.8 Å². The number of fused-ring (bicyclic) bond motifs is 3. The molecular weight excluding hydrogens is 394 g/mol. The van der Waals surface area contributed by atoms with Gasteiger partial charge in [-0.1, -0.05) is 54.2 Å². The molecule has 6 heteroatoms. The number of para-hydroxylation sites is 2. The van der Waals surface area contributed by atoms with Gasteiger partial charge in [-0.15, -0.1) is 0 Å². The Hall–Kier alpha value is -3.69. The summed E-state index contributed by atoms with van der Waals surface area (Å²) in [5.41, 5.74) is 4.22. The van der Waals surface area contributed by atoms with Crippen LogP contribution >= 0.6 is 11.8 Å². The van der Waals surface area contributed by atoms with Crippen molar-refractivity contribution in [3.05, 3.63) is 94.4 Å². The van der Waals surface area contributed by atoms with Crippen LogP contribution in [-0.2, 0) is 11.4 Å². The maximum Gasteiger partial charge on any atom is 0.267 e. The van der Waals surface area contributed by atoms with Crippen LogP contribution in [0.3, 0.4) is 0 Å². The van der Waals surface area contributed by atoms with E-state index in [0.717, 1.165) is 22.5 Å². The average Bonchev–Trinajstić information content (AvgIpc) is 3.29. The largest absolute Gasteiger partial charge is 0.489 e. The number of hydrogen-bond donors (Lipinski definition) is 1. The molecule has 0 saturated carbocycles. The van der Waals surface area contributed by atoms with Crippen molar-refractivity contribution >= 4 is 35.1 Å². The zero-order valence-electron chi connectivity index (χ0n) is 15.9. The third kappa shape index (κ3) is 3.30. The molecule has 1 N–H and O–H groups in total. The molecule has 2 heterocycles. The summed E-state index contributed by atoms with van der Waals surface area (Å²) in [5.74, 6) is 0.724. The van der Waals surface area contributed by atoms with E-state index in [2.05, 4.69) is 11.4 Å². The Morgan fingerprint density at radius 1 is 1.07 bits per heavy atom. The van der Waals surface area contributed by atoms with E-state index in [4.69, 9.17) is 4.74 Å². The lowest BCUT2D eigenvalue weighted by Crippen LogP contribution is -2.31. The topological polar surface area (TPSA) is 65.4 Å². The first-order valence-corrected chi connectivity index (χ1v) is 10.4. The Kier molecular flexibility index (Phi) is 4.66. The van der Waals surface area contributed by atoms with Crippen LogP contribution in [0.2, 0.25) is 0 Å². The van der Waals surface area contributed by atoms with E-state index in [-0.39, 0.29) is 11.4 Å². The summed E-state index contributed by atoms with van der Waals surface area (Å²) in [6.45, 7) is 0.334. The third-order valence-electron chi connectivity index (χ3n) is 5.06. The first kappa shape index (κ1) is 18.3. The number of benzene rings is 3. The van der Waals surface area contributed by atoms with E-state index in [1.165, 1.54) is 11.8 Å². The lowest BCUT2D eigenvalue weighted by atomic mass is 10.1. The van der Waals surface area contributed by atoms with Crippen molar-refractivity contribution < 1.29 is 9.53 Å². The van der Waals surface area contributed by atoms with Crippen molar-refractivity contribution in [2.45, 2.75) is 12.1 Å². The highest BCUT2D eigenvalue weighted by atomic mass is 32.2. The molecule has 5 nitrogen and oxygen atoms in total. The van der Waals surface area contributed by atoms with Crippen LogP contribution in [0.4, 0.5) is 11.4 Å². The number of carbonyl (C=O) groups is 1. The number of nitriles is 1. The van der Waals surface area contributed by atoms with Crippen LogP contribution in [0.1, 0.15) is 16.7 Å². The second-order valence-corrected chi connectivity index (χ2v) is 8.06. The number of hydrogen-bond acceptors (Lipinski definition) is 5. The van der Waals surface area contributed by atoms with Gasteiger partial charge in [-0.2, -0.15) is 5.26 Å². The number of amides is 1. The highest BCUT2D eigenvalue weighted by Crippen LogP contribution is 2.46. The van der Waals surface area contributed by atoms with Gasteiger partial charge in [-0.3, -0.25) is 9.69 Å². The first-order valence-electron chi connectivity index (χ1n) is 9.51. The SMILES string of the molecule is N#Cc1ccccc1COc1ccc(C=C2SC3Nc4ccccc4N3C2=O)cc1. The molecule has 1 unspecified atom stereocenters. The lowest BCUT2D eigenvalue weighted by molar-refractivity contribution is -0.114. The van der Waals surface area contributed by atoms with Crippen LogP contribution in [0.5, 0.6) is 5.75 Å². The molecule has 30 heavy (non-hydrogen) atoms. The summed E-state index contributed by atoms with van der Waals surface area (Å²) >= 11 is 1.52. The van der Waals surface area contributed by atoms with E-state index in [1.54, 1.807) is 11.0 Å². The Labute approximate surface area is 178 Å². The summed E-state index contributed by atoms with van der Waals surface area (Å²) in [6, 6.07) is 25.0. The minimum Gasteiger partial charge on any atom is -0.489 e. The number of anilines is 2. The summed E-state index contributed by atoms with van der Waals surface area (Å²) in [6.07, 6.45) is 1.91. The van der Waals surface area contributed by atoms with Gasteiger partial charge < -0.3 is 10.1 Å². The van der Waals surface area contributed by atoms with Gasteiger partial charge >= 0.3 is 0 Å². The van der Waals surface area contributed by atoms with E-state index in [9.17, 15) is 10.1 Å². The molecule has 2 aliphatic heterocycles. The molecule has 146 valence electrons. The fraction of sp³-hybridized carbons (Fsp3) is 0.0833. The van der Waals surface area contributed by atoms with E-state index in [0.29, 0.717) is 22.8 Å². The molecule has 0 aromatic heterocycles. The minimum absolute atomic E-state index is 0.0101. The van der Waals surface area contributed by atoms with Crippen molar-refractivity contribution in [2.75, 3.05) is 10.2 Å². The third-order valence-corrected chi connectivity index (χ3v) is 6.15. The fourth-order valence-electron chi connectivity index (χ4n) is 3.54. The minimum atomic E-state index is -0.0936. The van der Waals surface area contributed by atoms with Gasteiger partial charge in [0, 0.05) is 5.56 Å². The quantitative estimate of drug-likeness (QED) is 0.614. The molecule has 0 radical (unpaired) electrons. The first-order chi connectivity index (χ1) is 14.7. The summed E-state index contributed by atoms with van der Waals surface area (Å²) in [4.78, 5) is 15.4. The van der Waals surface area contributed by atoms with Gasteiger partial charge in [0.15, 0.2) is 5.50 Å². The van der Waals surface area contributed by atoms with Gasteiger partial charge in [0.1, 0.15) is 12.4 Å². The van der Waals surface area contributed by atoms with E-state index < -0.39 is 0 Å². The van der Waals surface area contributed by atoms with Gasteiger partial charge in [0.05, 0.1) is 27.9 Å². The molecule has 0 bridgehead atoms. The summed E-state index contributed by atoms with van der Waals surface area (Å²) in [7, 11) is 0. The fourth-order valence-corrected chi connectivity index (χ4v) is 4.69. The molecule has 0 aliphatic carbocycles. The summed E-state index contributed by atoms with van der Waals surface area (Å²) < 4.78 is 5.82. The molecule has 3 aromatic rings. The van der Waals surface area contributed by atoms with Crippen LogP contribution in [0.25, 0.3) is 6.08 Å². The highest BCUT2D eigenvalue weighted by Gasteiger charge is 2.42. The second-order valence-electron chi connectivity index (χ2n) is 6.94. The highest BCUT2D eigenvalue weighted by molar-refractivity contribution is 8.05. The number of ether oxygens (including phenoxy) is 1. The molecule has 5 rings (SSSR count). The van der Waals surface area contributed by atoms with Crippen molar-refractivity contribution in [1.82, 2.24) is 0 Å². The smallest absolute Gasteiger partial charge is 0.267 e. The van der Waals surface area contributed by atoms with Crippen molar-refractivity contribution in [2.24, 2.45) is 0 Å². The molecular formula is C24H17N3O2S. The Balaban J connectivity index is 1.28. The average molecular weight is 411 g/mol. The number of rotatable bonds is 4. The normalized spacial score (nSPS) is 18.0. The maximum atomic E-state index is 12.9. The van der Waals surface area contributed by atoms with Gasteiger partial charge in [0.2, 0.25) is 0 Å². The van der Waals surface area contributed by atoms with Crippen LogP contribution in [-0.4, -0.2) is 11.4 Å². The molecule has 3 aromatic carbocycles. The standard InChI is InChI=1S/C24H17N3O2S/c25-14-17-5-1-2-6-18(17)15-29-19-11-9-16(10-12-19)13-22-23(28)27-21-8-4-3-7-20(21)26-24(27)30-22/h1-13,24,26H,15H2. The predicted molar refractivity (Wildman–Crippen MR) is 119 cm³/mol. The number of nitrogens with one attached hydrogen (secondary N) is 1. The predicted octanol–water partition coefficient (Wildman–Crippen LogP) is 4.97. The number of thioether (sulfide) groups is 1. The van der Waals surface area contributed by atoms with Gasteiger partial charge in [-0.25, -0.2) is 0 Å². The van der Waals surface area contributed by atoms with Crippen molar-refractivity contribution in [1.29, 1.82) is 5.26 Å². The Morgan fingerprint density at radius 3 is 2.67 bits per heavy atom. The molecule has 0 spiro atoms. The number of carbonyl (C=O) groups excluding carboxylic acids is 1. The van der Waals surface area contributed by atoms with E-state index >= 15 is 0 Å². The van der Waals surface area contributed by atoms with Crippen molar-refractivity contribution in [3.63, 3.8) is 0 Å². The maximum absolute atomic E-state index is 12.9. The molecule has 1 saturated heterocycles. The zero-order chi connectivity index (χ0) is 20.5. The molecule has 1 amide bonds. The Morgan fingerprint density at radius 2 is 1.83 bits per heavy atom. The second kappa shape index (κ2) is 7.62. The van der Waals surface area contributed by atoms with Gasteiger partial charge in [0.25, 0.3) is 5.91 Å². The summed E-state index contributed by atoms with van der Waals surface area (Å²) in [5, 5.41) is 12.6. The molecule has 1 fully saturated rings. The van der Waals surface area contributed by atoms with Crippen molar-refractivity contribution in [3.8, 4) is 11.8 Å². The number of nitrogens with zero attached hydrogens (tertiary/aromatic N) is 2. The van der Waals surface area contributed by atoms with Crippen LogP contribution in [0.15, 0.2) is 77.7 Å². The monoisotopic (exact) mass is 411 g/mol. The molecule has 1 atom stereocenters. The molecule has 2 aliphatic rings. The van der Waals surface area contributed by atoms with Crippen LogP contribution < -0.4 is 15.0 Å². The zero-order valence-corrected chi connectivity index (χ0v) is 16.7. The van der Waals surface area contributed by atoms with Crippen LogP contribution in [0, 0.1) is 11.3 Å². The van der Waals surface area contributed by atoms with Gasteiger partial charge in [-0.05, 0) is 42.0 Å². The lowest BCUT2D eigenvalue weighted by Gasteiger charge is -2.12. The Bertz CT molecular complexity index is 1200.